The highest BCUT2D eigenvalue weighted by molar-refractivity contribution is 5.61. The lowest BCUT2D eigenvalue weighted by atomic mass is 9.83. The van der Waals surface area contributed by atoms with Crippen LogP contribution in [0.5, 0.6) is 0 Å². The molecule has 1 fully saturated rings. The number of hydrogen-bond donors (Lipinski definition) is 3. The second-order valence-electron chi connectivity index (χ2n) is 5.48. The third-order valence-electron chi connectivity index (χ3n) is 3.75. The molecule has 0 aromatic carbocycles. The first-order valence-corrected chi connectivity index (χ1v) is 6.73. The van der Waals surface area contributed by atoms with Crippen molar-refractivity contribution < 1.29 is 4.92 Å². The quantitative estimate of drug-likeness (QED) is 0.439. The number of hydrogen-bond acceptors (Lipinski definition) is 7. The van der Waals surface area contributed by atoms with E-state index in [2.05, 4.69) is 27.6 Å². The molecule has 1 aromatic heterocycles. The van der Waals surface area contributed by atoms with Crippen LogP contribution in [0.2, 0.25) is 0 Å². The first kappa shape index (κ1) is 14.4. The van der Waals surface area contributed by atoms with E-state index in [1.165, 1.54) is 6.42 Å². The predicted octanol–water partition coefficient (Wildman–Crippen LogP) is 2.11. The van der Waals surface area contributed by atoms with Gasteiger partial charge in [0.1, 0.15) is 5.69 Å². The Morgan fingerprint density at radius 2 is 1.95 bits per heavy atom. The normalized spacial score (nSPS) is 17.6. The molecule has 1 saturated carbocycles. The van der Waals surface area contributed by atoms with Crippen LogP contribution in [0.1, 0.15) is 44.7 Å². The van der Waals surface area contributed by atoms with E-state index in [1.807, 2.05) is 0 Å². The van der Waals surface area contributed by atoms with Gasteiger partial charge in [0.2, 0.25) is 11.8 Å². The van der Waals surface area contributed by atoms with Crippen molar-refractivity contribution in [3.8, 4) is 0 Å². The lowest BCUT2D eigenvalue weighted by molar-refractivity contribution is -0.385. The fourth-order valence-electron chi connectivity index (χ4n) is 2.68. The highest BCUT2D eigenvalue weighted by Crippen LogP contribution is 2.34. The van der Waals surface area contributed by atoms with Crippen molar-refractivity contribution in [1.29, 1.82) is 0 Å². The van der Waals surface area contributed by atoms with Crippen LogP contribution in [0, 0.1) is 17.0 Å². The average molecular weight is 280 g/mol. The zero-order valence-corrected chi connectivity index (χ0v) is 11.8. The van der Waals surface area contributed by atoms with Gasteiger partial charge >= 0.3 is 5.69 Å². The molecule has 1 aromatic rings. The minimum Gasteiger partial charge on any atom is -0.359 e. The van der Waals surface area contributed by atoms with Crippen molar-refractivity contribution in [2.75, 3.05) is 10.7 Å². The van der Waals surface area contributed by atoms with Gasteiger partial charge in [0, 0.05) is 5.54 Å². The number of anilines is 2. The first-order chi connectivity index (χ1) is 9.45. The summed E-state index contributed by atoms with van der Waals surface area (Å²) in [5, 5.41) is 14.5. The summed E-state index contributed by atoms with van der Waals surface area (Å²) in [6.07, 6.45) is 5.38. The van der Waals surface area contributed by atoms with Crippen molar-refractivity contribution in [2.24, 2.45) is 5.84 Å². The van der Waals surface area contributed by atoms with E-state index in [4.69, 9.17) is 5.84 Å². The number of nitrogen functional groups attached to an aromatic ring is 1. The smallest absolute Gasteiger partial charge is 0.332 e. The maximum atomic E-state index is 11.2. The SMILES string of the molecule is Cc1nc(NN)nc(NC2(C)CCCCC2)c1[N+](=O)[O-]. The van der Waals surface area contributed by atoms with E-state index >= 15 is 0 Å². The summed E-state index contributed by atoms with van der Waals surface area (Å²) in [7, 11) is 0. The van der Waals surface area contributed by atoms with Crippen molar-refractivity contribution in [3.63, 3.8) is 0 Å². The summed E-state index contributed by atoms with van der Waals surface area (Å²) in [6.45, 7) is 3.65. The van der Waals surface area contributed by atoms with Gasteiger partial charge in [-0.2, -0.15) is 4.98 Å². The van der Waals surface area contributed by atoms with E-state index in [1.54, 1.807) is 6.92 Å². The Morgan fingerprint density at radius 1 is 1.30 bits per heavy atom. The molecule has 1 aliphatic rings. The molecule has 8 heteroatoms. The Hall–Kier alpha value is -1.96. The molecule has 0 atom stereocenters. The Bertz CT molecular complexity index is 513. The number of aromatic nitrogens is 2. The van der Waals surface area contributed by atoms with Gasteiger partial charge in [0.15, 0.2) is 0 Å². The summed E-state index contributed by atoms with van der Waals surface area (Å²) in [4.78, 5) is 18.8. The van der Waals surface area contributed by atoms with Gasteiger partial charge in [-0.1, -0.05) is 19.3 Å². The van der Waals surface area contributed by atoms with Crippen molar-refractivity contribution in [1.82, 2.24) is 9.97 Å². The summed E-state index contributed by atoms with van der Waals surface area (Å²) in [5.74, 6) is 5.72. The molecule has 1 aliphatic carbocycles. The highest BCUT2D eigenvalue weighted by atomic mass is 16.6. The van der Waals surface area contributed by atoms with Crippen LogP contribution in [0.4, 0.5) is 17.5 Å². The third-order valence-corrected chi connectivity index (χ3v) is 3.75. The average Bonchev–Trinajstić information content (AvgIpc) is 2.37. The number of aryl methyl sites for hydroxylation is 1. The van der Waals surface area contributed by atoms with E-state index in [0.29, 0.717) is 5.69 Å². The first-order valence-electron chi connectivity index (χ1n) is 6.73. The van der Waals surface area contributed by atoms with Crippen LogP contribution < -0.4 is 16.6 Å². The molecule has 8 nitrogen and oxygen atoms in total. The van der Waals surface area contributed by atoms with Crippen molar-refractivity contribution in [2.45, 2.75) is 51.5 Å². The van der Waals surface area contributed by atoms with Gasteiger partial charge in [-0.15, -0.1) is 0 Å². The molecular formula is C12H20N6O2. The molecule has 0 amide bonds. The van der Waals surface area contributed by atoms with Crippen LogP contribution in [-0.4, -0.2) is 20.4 Å². The minimum absolute atomic E-state index is 0.0872. The van der Waals surface area contributed by atoms with Gasteiger partial charge in [-0.3, -0.25) is 15.5 Å². The molecule has 0 spiro atoms. The van der Waals surface area contributed by atoms with E-state index in [0.717, 1.165) is 25.7 Å². The van der Waals surface area contributed by atoms with Crippen molar-refractivity contribution in [3.05, 3.63) is 15.8 Å². The summed E-state index contributed by atoms with van der Waals surface area (Å²) in [5.41, 5.74) is 2.37. The molecule has 0 radical (unpaired) electrons. The molecule has 20 heavy (non-hydrogen) atoms. The molecule has 2 rings (SSSR count). The predicted molar refractivity (Wildman–Crippen MR) is 76.3 cm³/mol. The lowest BCUT2D eigenvalue weighted by Crippen LogP contribution is -2.37. The third kappa shape index (κ3) is 2.96. The summed E-state index contributed by atoms with van der Waals surface area (Å²) >= 11 is 0. The molecule has 0 bridgehead atoms. The monoisotopic (exact) mass is 280 g/mol. The number of nitrogens with one attached hydrogen (secondary N) is 2. The Kier molecular flexibility index (Phi) is 4.03. The summed E-state index contributed by atoms with van der Waals surface area (Å²) < 4.78 is 0. The van der Waals surface area contributed by atoms with Gasteiger partial charge < -0.3 is 5.32 Å². The second kappa shape index (κ2) is 5.58. The Balaban J connectivity index is 2.38. The van der Waals surface area contributed by atoms with E-state index < -0.39 is 4.92 Å². The van der Waals surface area contributed by atoms with Crippen LogP contribution in [0.15, 0.2) is 0 Å². The largest absolute Gasteiger partial charge is 0.359 e. The Morgan fingerprint density at radius 3 is 2.50 bits per heavy atom. The topological polar surface area (TPSA) is 119 Å². The molecule has 110 valence electrons. The zero-order valence-electron chi connectivity index (χ0n) is 11.8. The van der Waals surface area contributed by atoms with Crippen LogP contribution >= 0.6 is 0 Å². The number of nitro groups is 1. The fourth-order valence-corrected chi connectivity index (χ4v) is 2.68. The number of hydrazine groups is 1. The number of rotatable bonds is 4. The van der Waals surface area contributed by atoms with E-state index in [-0.39, 0.29) is 23.0 Å². The Labute approximate surface area is 117 Å². The van der Waals surface area contributed by atoms with Crippen molar-refractivity contribution >= 4 is 17.5 Å². The van der Waals surface area contributed by atoms with Gasteiger partial charge in [0.25, 0.3) is 0 Å². The van der Waals surface area contributed by atoms with Gasteiger partial charge in [-0.05, 0) is 26.7 Å². The van der Waals surface area contributed by atoms with Crippen LogP contribution in [0.25, 0.3) is 0 Å². The second-order valence-corrected chi connectivity index (χ2v) is 5.48. The minimum atomic E-state index is -0.454. The number of nitrogens with zero attached hydrogens (tertiary/aromatic N) is 3. The van der Waals surface area contributed by atoms with Gasteiger partial charge in [0.05, 0.1) is 4.92 Å². The standard InChI is InChI=1S/C12H20N6O2/c1-8-9(18(19)20)10(15-11(14-8)17-13)16-12(2)6-4-3-5-7-12/h3-7,13H2,1-2H3,(H2,14,15,16,17). The fraction of sp³-hybridized carbons (Fsp3) is 0.667. The maximum Gasteiger partial charge on any atom is 0.332 e. The molecule has 1 heterocycles. The molecule has 0 aliphatic heterocycles. The van der Waals surface area contributed by atoms with Crippen LogP contribution in [-0.2, 0) is 0 Å². The van der Waals surface area contributed by atoms with Gasteiger partial charge in [-0.25, -0.2) is 10.8 Å². The van der Waals surface area contributed by atoms with Crippen LogP contribution in [0.3, 0.4) is 0 Å². The maximum absolute atomic E-state index is 11.2. The number of nitrogens with two attached hydrogens (primary N) is 1. The van der Waals surface area contributed by atoms with E-state index in [9.17, 15) is 10.1 Å². The highest BCUT2D eigenvalue weighted by Gasteiger charge is 2.31. The zero-order chi connectivity index (χ0) is 14.8. The molecular weight excluding hydrogens is 260 g/mol. The molecule has 0 saturated heterocycles. The molecule has 4 N–H and O–H groups in total. The summed E-state index contributed by atoms with van der Waals surface area (Å²) in [6, 6.07) is 0. The lowest BCUT2D eigenvalue weighted by Gasteiger charge is -2.34. The molecule has 0 unspecified atom stereocenters.